The quantitative estimate of drug-likeness (QED) is 0.848. The van der Waals surface area contributed by atoms with Gasteiger partial charge in [0.15, 0.2) is 11.6 Å². The Labute approximate surface area is 91.7 Å². The van der Waals surface area contributed by atoms with Crippen LogP contribution >= 0.6 is 0 Å². The third kappa shape index (κ3) is 2.88. The molecule has 0 aliphatic heterocycles. The molecule has 0 bridgehead atoms. The molecule has 16 heavy (non-hydrogen) atoms. The SMILES string of the molecule is COc1c(F)cc(C(F)F)cc1CCCO. The van der Waals surface area contributed by atoms with Gasteiger partial charge in [-0.1, -0.05) is 0 Å². The molecule has 0 unspecified atom stereocenters. The van der Waals surface area contributed by atoms with E-state index in [2.05, 4.69) is 0 Å². The largest absolute Gasteiger partial charge is 0.493 e. The van der Waals surface area contributed by atoms with Gasteiger partial charge in [-0.15, -0.1) is 0 Å². The fourth-order valence-electron chi connectivity index (χ4n) is 1.48. The van der Waals surface area contributed by atoms with Crippen LogP contribution in [0.5, 0.6) is 5.75 Å². The molecule has 0 aliphatic rings. The summed E-state index contributed by atoms with van der Waals surface area (Å²) in [7, 11) is 1.28. The molecule has 1 N–H and O–H groups in total. The molecular weight excluding hydrogens is 221 g/mol. The lowest BCUT2D eigenvalue weighted by atomic mass is 10.0. The highest BCUT2D eigenvalue weighted by Crippen LogP contribution is 2.29. The zero-order valence-corrected chi connectivity index (χ0v) is 8.84. The highest BCUT2D eigenvalue weighted by Gasteiger charge is 2.16. The topological polar surface area (TPSA) is 29.5 Å². The highest BCUT2D eigenvalue weighted by molar-refractivity contribution is 5.39. The first-order chi connectivity index (χ1) is 7.60. The van der Waals surface area contributed by atoms with E-state index in [1.54, 1.807) is 0 Å². The standard InChI is InChI=1S/C11H13F3O2/c1-16-10-7(3-2-4-15)5-8(11(13)14)6-9(10)12/h5-6,11,15H,2-4H2,1H3. The van der Waals surface area contributed by atoms with Crippen molar-refractivity contribution in [3.05, 3.63) is 29.1 Å². The molecule has 1 aromatic rings. The van der Waals surface area contributed by atoms with Gasteiger partial charge in [-0.3, -0.25) is 0 Å². The molecule has 0 spiro atoms. The Bertz CT molecular complexity index is 353. The van der Waals surface area contributed by atoms with E-state index >= 15 is 0 Å². The van der Waals surface area contributed by atoms with Crippen LogP contribution in [0.2, 0.25) is 0 Å². The number of alkyl halides is 2. The maximum absolute atomic E-state index is 13.4. The van der Waals surface area contributed by atoms with Gasteiger partial charge in [0.25, 0.3) is 6.43 Å². The molecule has 0 aliphatic carbocycles. The van der Waals surface area contributed by atoms with Crippen molar-refractivity contribution in [3.63, 3.8) is 0 Å². The van der Waals surface area contributed by atoms with E-state index in [9.17, 15) is 13.2 Å². The van der Waals surface area contributed by atoms with Crippen molar-refractivity contribution in [2.45, 2.75) is 19.3 Å². The summed E-state index contributed by atoms with van der Waals surface area (Å²) in [4.78, 5) is 0. The summed E-state index contributed by atoms with van der Waals surface area (Å²) in [6.07, 6.45) is -2.03. The van der Waals surface area contributed by atoms with E-state index in [1.165, 1.54) is 13.2 Å². The van der Waals surface area contributed by atoms with E-state index < -0.39 is 12.2 Å². The minimum absolute atomic E-state index is 0.0298. The number of aliphatic hydroxyl groups excluding tert-OH is 1. The Balaban J connectivity index is 3.09. The number of rotatable bonds is 5. The Hall–Kier alpha value is -1.23. The van der Waals surface area contributed by atoms with Gasteiger partial charge >= 0.3 is 0 Å². The second-order valence-electron chi connectivity index (χ2n) is 3.32. The Kier molecular flexibility index (Phi) is 4.61. The van der Waals surface area contributed by atoms with Crippen molar-refractivity contribution in [1.82, 2.24) is 0 Å². The Morgan fingerprint density at radius 3 is 2.56 bits per heavy atom. The van der Waals surface area contributed by atoms with Crippen molar-refractivity contribution in [2.75, 3.05) is 13.7 Å². The van der Waals surface area contributed by atoms with Crippen LogP contribution in [0, 0.1) is 5.82 Å². The number of hydrogen-bond acceptors (Lipinski definition) is 2. The van der Waals surface area contributed by atoms with Crippen molar-refractivity contribution in [1.29, 1.82) is 0 Å². The lowest BCUT2D eigenvalue weighted by Crippen LogP contribution is -2.00. The molecule has 0 atom stereocenters. The van der Waals surface area contributed by atoms with Gasteiger partial charge in [-0.25, -0.2) is 13.2 Å². The van der Waals surface area contributed by atoms with Crippen LogP contribution in [-0.4, -0.2) is 18.8 Å². The maximum atomic E-state index is 13.4. The molecule has 2 nitrogen and oxygen atoms in total. The summed E-state index contributed by atoms with van der Waals surface area (Å²) < 4.78 is 43.0. The highest BCUT2D eigenvalue weighted by atomic mass is 19.3. The van der Waals surface area contributed by atoms with Gasteiger partial charge in [-0.05, 0) is 30.5 Å². The number of benzene rings is 1. The zero-order valence-electron chi connectivity index (χ0n) is 8.84. The molecule has 0 fully saturated rings. The summed E-state index contributed by atoms with van der Waals surface area (Å²) in [5.74, 6) is -0.828. The predicted octanol–water partition coefficient (Wildman–Crippen LogP) is 2.70. The van der Waals surface area contributed by atoms with E-state index in [0.29, 0.717) is 18.4 Å². The minimum Gasteiger partial charge on any atom is -0.493 e. The molecule has 0 saturated heterocycles. The smallest absolute Gasteiger partial charge is 0.263 e. The minimum atomic E-state index is -2.71. The summed E-state index contributed by atoms with van der Waals surface area (Å²) in [5.41, 5.74) is -0.0157. The van der Waals surface area contributed by atoms with Crippen LogP contribution in [0.25, 0.3) is 0 Å². The summed E-state index contributed by atoms with van der Waals surface area (Å²) >= 11 is 0. The van der Waals surface area contributed by atoms with Crippen LogP contribution < -0.4 is 4.74 Å². The average molecular weight is 234 g/mol. The first kappa shape index (κ1) is 12.8. The summed E-state index contributed by atoms with van der Waals surface area (Å²) in [6, 6.07) is 1.98. The second-order valence-corrected chi connectivity index (χ2v) is 3.32. The summed E-state index contributed by atoms with van der Waals surface area (Å²) in [5, 5.41) is 8.66. The normalized spacial score (nSPS) is 10.9. The van der Waals surface area contributed by atoms with Gasteiger partial charge in [0.05, 0.1) is 7.11 Å². The molecule has 0 heterocycles. The van der Waals surface area contributed by atoms with Crippen LogP contribution in [0.4, 0.5) is 13.2 Å². The number of hydrogen-bond donors (Lipinski definition) is 1. The lowest BCUT2D eigenvalue weighted by molar-refractivity contribution is 0.150. The first-order valence-electron chi connectivity index (χ1n) is 4.85. The number of aryl methyl sites for hydroxylation is 1. The Morgan fingerprint density at radius 2 is 2.06 bits per heavy atom. The van der Waals surface area contributed by atoms with Crippen LogP contribution in [0.3, 0.4) is 0 Å². The Morgan fingerprint density at radius 1 is 1.38 bits per heavy atom. The fourth-order valence-corrected chi connectivity index (χ4v) is 1.48. The first-order valence-corrected chi connectivity index (χ1v) is 4.85. The van der Waals surface area contributed by atoms with Crippen LogP contribution in [0.1, 0.15) is 24.0 Å². The average Bonchev–Trinajstić information content (AvgIpc) is 2.25. The van der Waals surface area contributed by atoms with E-state index in [1.807, 2.05) is 0 Å². The van der Waals surface area contributed by atoms with Gasteiger partial charge in [0.1, 0.15) is 0 Å². The van der Waals surface area contributed by atoms with Crippen molar-refractivity contribution in [2.24, 2.45) is 0 Å². The van der Waals surface area contributed by atoms with Gasteiger partial charge in [0, 0.05) is 12.2 Å². The maximum Gasteiger partial charge on any atom is 0.263 e. The molecule has 1 rings (SSSR count). The molecule has 5 heteroatoms. The predicted molar refractivity (Wildman–Crippen MR) is 53.3 cm³/mol. The van der Waals surface area contributed by atoms with E-state index in [4.69, 9.17) is 9.84 Å². The van der Waals surface area contributed by atoms with Gasteiger partial charge in [-0.2, -0.15) is 0 Å². The molecule has 90 valence electrons. The number of halogens is 3. The molecular formula is C11H13F3O2. The summed E-state index contributed by atoms with van der Waals surface area (Å²) in [6.45, 7) is -0.0797. The third-order valence-corrected chi connectivity index (χ3v) is 2.20. The number of aliphatic hydroxyl groups is 1. The number of methoxy groups -OCH3 is 1. The van der Waals surface area contributed by atoms with Crippen molar-refractivity contribution in [3.8, 4) is 5.75 Å². The number of ether oxygens (including phenoxy) is 1. The van der Waals surface area contributed by atoms with Crippen molar-refractivity contribution < 1.29 is 23.0 Å². The zero-order chi connectivity index (χ0) is 12.1. The van der Waals surface area contributed by atoms with Crippen molar-refractivity contribution >= 4 is 0 Å². The van der Waals surface area contributed by atoms with E-state index in [0.717, 1.165) is 6.07 Å². The van der Waals surface area contributed by atoms with Crippen LogP contribution in [0.15, 0.2) is 12.1 Å². The molecule has 0 radical (unpaired) electrons. The lowest BCUT2D eigenvalue weighted by Gasteiger charge is -2.11. The monoisotopic (exact) mass is 234 g/mol. The molecule has 1 aromatic carbocycles. The third-order valence-electron chi connectivity index (χ3n) is 2.20. The van der Waals surface area contributed by atoms with Gasteiger partial charge < -0.3 is 9.84 Å². The fraction of sp³-hybridized carbons (Fsp3) is 0.455. The molecule has 0 saturated carbocycles. The second kappa shape index (κ2) is 5.75. The van der Waals surface area contributed by atoms with Gasteiger partial charge in [0.2, 0.25) is 0 Å². The van der Waals surface area contributed by atoms with Crippen LogP contribution in [-0.2, 0) is 6.42 Å². The molecule has 0 amide bonds. The molecule has 0 aromatic heterocycles. The van der Waals surface area contributed by atoms with E-state index in [-0.39, 0.29) is 17.9 Å².